The molecule has 1 fully saturated rings. The number of piperidine rings is 1. The highest BCUT2D eigenvalue weighted by molar-refractivity contribution is 7.16. The Labute approximate surface area is 242 Å². The quantitative estimate of drug-likeness (QED) is 0.223. The number of ether oxygens (including phenoxy) is 1. The predicted octanol–water partition coefficient (Wildman–Crippen LogP) is 5.60. The van der Waals surface area contributed by atoms with Gasteiger partial charge in [-0.3, -0.25) is 9.36 Å². The summed E-state index contributed by atoms with van der Waals surface area (Å²) in [7, 11) is 2.16. The van der Waals surface area contributed by atoms with Crippen molar-refractivity contribution in [1.82, 2.24) is 19.4 Å². The maximum Gasteiger partial charge on any atom is 0.262 e. The molecule has 1 atom stereocenters. The average molecular weight is 569 g/mol. The Morgan fingerprint density at radius 2 is 1.88 bits per heavy atom. The number of fused-ring (bicyclic) bond motifs is 1. The third-order valence-corrected chi connectivity index (χ3v) is 8.67. The highest BCUT2D eigenvalue weighted by atomic mass is 32.1. The zero-order valence-electron chi connectivity index (χ0n) is 22.9. The van der Waals surface area contributed by atoms with Gasteiger partial charge in [-0.25, -0.2) is 9.97 Å². The first-order chi connectivity index (χ1) is 19.9. The summed E-state index contributed by atoms with van der Waals surface area (Å²) in [4.78, 5) is 24.2. The number of pyridine rings is 1. The van der Waals surface area contributed by atoms with E-state index in [1.165, 1.54) is 11.3 Å². The number of benzene rings is 2. The summed E-state index contributed by atoms with van der Waals surface area (Å²) in [6, 6.07) is 19.4. The molecule has 1 saturated heterocycles. The molecule has 0 radical (unpaired) electrons. The fourth-order valence-corrected chi connectivity index (χ4v) is 6.13. The van der Waals surface area contributed by atoms with E-state index in [4.69, 9.17) is 10.5 Å². The van der Waals surface area contributed by atoms with Crippen LogP contribution in [0.5, 0.6) is 11.5 Å². The number of phenolic OH excluding ortho intramolecular Hbond substituents is 1. The number of primary amides is 1. The van der Waals surface area contributed by atoms with Crippen molar-refractivity contribution in [2.45, 2.75) is 31.9 Å². The lowest BCUT2D eigenvalue weighted by Crippen LogP contribution is -2.36. The molecule has 10 heteroatoms. The van der Waals surface area contributed by atoms with Crippen LogP contribution in [-0.4, -0.2) is 56.6 Å². The molecule has 1 aliphatic heterocycles. The zero-order valence-corrected chi connectivity index (χ0v) is 23.8. The molecule has 0 spiro atoms. The van der Waals surface area contributed by atoms with Crippen LogP contribution >= 0.6 is 11.3 Å². The van der Waals surface area contributed by atoms with E-state index in [1.807, 2.05) is 48.0 Å². The number of thiophene rings is 1. The minimum atomic E-state index is -0.575. The largest absolute Gasteiger partial charge is 0.508 e. The summed E-state index contributed by atoms with van der Waals surface area (Å²) >= 11 is 1.24. The van der Waals surface area contributed by atoms with E-state index < -0.39 is 12.0 Å². The number of phenols is 1. The number of carbonyl (C=O) groups is 1. The average Bonchev–Trinajstić information content (AvgIpc) is 3.59. The van der Waals surface area contributed by atoms with Crippen molar-refractivity contribution in [3.63, 3.8) is 0 Å². The van der Waals surface area contributed by atoms with Crippen LogP contribution in [0, 0.1) is 0 Å². The molecule has 0 bridgehead atoms. The third-order valence-electron chi connectivity index (χ3n) is 7.54. The zero-order chi connectivity index (χ0) is 28.5. The number of aromatic nitrogens is 3. The normalized spacial score (nSPS) is 15.2. The molecule has 1 unspecified atom stereocenters. The predicted molar refractivity (Wildman–Crippen MR) is 162 cm³/mol. The van der Waals surface area contributed by atoms with Gasteiger partial charge in [-0.1, -0.05) is 24.3 Å². The molecule has 2 aromatic carbocycles. The molecule has 0 saturated carbocycles. The Hall–Kier alpha value is -4.41. The van der Waals surface area contributed by atoms with Crippen molar-refractivity contribution in [3.8, 4) is 27.6 Å². The van der Waals surface area contributed by atoms with Crippen LogP contribution in [0.4, 0.5) is 5.82 Å². The topological polar surface area (TPSA) is 119 Å². The van der Waals surface area contributed by atoms with Gasteiger partial charge in [0.2, 0.25) is 0 Å². The molecule has 9 nitrogen and oxygen atoms in total. The summed E-state index contributed by atoms with van der Waals surface area (Å²) < 4.78 is 8.02. The number of amides is 1. The van der Waals surface area contributed by atoms with Gasteiger partial charge in [-0.15, -0.1) is 11.3 Å². The van der Waals surface area contributed by atoms with Crippen molar-refractivity contribution in [1.29, 1.82) is 0 Å². The molecule has 5 aromatic rings. The van der Waals surface area contributed by atoms with Gasteiger partial charge in [-0.05, 0) is 75.8 Å². The highest BCUT2D eigenvalue weighted by Crippen LogP contribution is 2.37. The molecule has 1 amide bonds. The Morgan fingerprint density at radius 3 is 2.61 bits per heavy atom. The van der Waals surface area contributed by atoms with E-state index >= 15 is 0 Å². The van der Waals surface area contributed by atoms with Crippen molar-refractivity contribution in [2.75, 3.05) is 25.5 Å². The summed E-state index contributed by atoms with van der Waals surface area (Å²) in [6.07, 6.45) is 5.37. The molecular formula is C31H32N6O3S. The minimum Gasteiger partial charge on any atom is -0.508 e. The lowest BCUT2D eigenvalue weighted by molar-refractivity contribution is 0.0998. The highest BCUT2D eigenvalue weighted by Gasteiger charge is 2.21. The number of hydrogen-bond acceptors (Lipinski definition) is 8. The van der Waals surface area contributed by atoms with Gasteiger partial charge in [0.1, 0.15) is 39.6 Å². The monoisotopic (exact) mass is 568 g/mol. The Morgan fingerprint density at radius 1 is 1.10 bits per heavy atom. The number of nitrogens with one attached hydrogen (secondary N) is 1. The summed E-state index contributed by atoms with van der Waals surface area (Å²) in [5, 5.41) is 14.5. The first-order valence-electron chi connectivity index (χ1n) is 13.6. The van der Waals surface area contributed by atoms with Gasteiger partial charge in [0.15, 0.2) is 0 Å². The molecule has 6 rings (SSSR count). The van der Waals surface area contributed by atoms with Crippen LogP contribution < -0.4 is 15.8 Å². The van der Waals surface area contributed by atoms with Gasteiger partial charge in [-0.2, -0.15) is 0 Å². The van der Waals surface area contributed by atoms with Crippen molar-refractivity contribution in [3.05, 3.63) is 83.6 Å². The second-order valence-corrected chi connectivity index (χ2v) is 11.5. The van der Waals surface area contributed by atoms with Crippen LogP contribution in [0.1, 0.15) is 41.1 Å². The second kappa shape index (κ2) is 11.2. The fraction of sp³-hybridized carbons (Fsp3) is 0.258. The van der Waals surface area contributed by atoms with Gasteiger partial charge in [0, 0.05) is 29.4 Å². The van der Waals surface area contributed by atoms with Crippen LogP contribution in [0.15, 0.2) is 73.2 Å². The first-order valence-corrected chi connectivity index (χ1v) is 14.4. The molecular weight excluding hydrogens is 536 g/mol. The Kier molecular flexibility index (Phi) is 7.34. The first kappa shape index (κ1) is 26.8. The number of nitrogens with two attached hydrogens (primary N) is 1. The number of nitrogens with zero attached hydrogens (tertiary/aromatic N) is 4. The number of carbonyl (C=O) groups excluding carboxylic acids is 1. The lowest BCUT2D eigenvalue weighted by Gasteiger charge is -2.29. The number of likely N-dealkylation sites (tertiary alicyclic amines) is 1. The van der Waals surface area contributed by atoms with E-state index in [9.17, 15) is 9.90 Å². The van der Waals surface area contributed by atoms with Crippen LogP contribution in [0.3, 0.4) is 0 Å². The molecule has 41 heavy (non-hydrogen) atoms. The van der Waals surface area contributed by atoms with Gasteiger partial charge >= 0.3 is 0 Å². The van der Waals surface area contributed by atoms with E-state index in [2.05, 4.69) is 33.3 Å². The Balaban J connectivity index is 1.22. The molecule has 1 aliphatic rings. The molecule has 3 aromatic heterocycles. The maximum absolute atomic E-state index is 12.3. The summed E-state index contributed by atoms with van der Waals surface area (Å²) in [5.41, 5.74) is 10.1. The lowest BCUT2D eigenvalue weighted by atomic mass is 10.1. The van der Waals surface area contributed by atoms with E-state index in [0.29, 0.717) is 22.2 Å². The number of para-hydroxylation sites is 1. The molecule has 210 valence electrons. The number of hydrogen-bond donors (Lipinski definition) is 3. The van der Waals surface area contributed by atoms with Crippen LogP contribution in [0.25, 0.3) is 27.2 Å². The van der Waals surface area contributed by atoms with Gasteiger partial charge in [0.25, 0.3) is 5.91 Å². The summed E-state index contributed by atoms with van der Waals surface area (Å²) in [6.45, 7) is 4.02. The number of aromatic hydroxyl groups is 1. The van der Waals surface area contributed by atoms with Crippen LogP contribution in [-0.2, 0) is 0 Å². The van der Waals surface area contributed by atoms with Crippen LogP contribution in [0.2, 0.25) is 0 Å². The minimum absolute atomic E-state index is 0.130. The standard InChI is InChI=1S/C31H32N6O3S/c1-19(23-5-3-4-6-26(23)38)40-27-16-29(41-30(27)31(32)39)37-18-34-24-15-20(7-9-25(24)37)21-8-10-28(33-17-21)35-22-11-13-36(2)14-12-22/h3-10,15-19,22,38H,11-14H2,1-2H3,(H2,32,39)(H,33,35). The number of anilines is 1. The third kappa shape index (κ3) is 5.61. The van der Waals surface area contributed by atoms with Crippen molar-refractivity contribution >= 4 is 34.1 Å². The molecule has 4 N–H and O–H groups in total. The number of rotatable bonds is 8. The fourth-order valence-electron chi connectivity index (χ4n) is 5.21. The maximum atomic E-state index is 12.3. The summed E-state index contributed by atoms with van der Waals surface area (Å²) in [5.74, 6) is 0.817. The van der Waals surface area contributed by atoms with E-state index in [1.54, 1.807) is 30.6 Å². The van der Waals surface area contributed by atoms with Crippen molar-refractivity contribution in [2.24, 2.45) is 5.73 Å². The van der Waals surface area contributed by atoms with Gasteiger partial charge < -0.3 is 25.8 Å². The SMILES string of the molecule is CC(Oc1cc(-n2cnc3cc(-c4ccc(NC5CCN(C)CC5)nc4)ccc32)sc1C(N)=O)c1ccccc1O. The van der Waals surface area contributed by atoms with E-state index in [0.717, 1.165) is 58.9 Å². The number of imidazole rings is 1. The smallest absolute Gasteiger partial charge is 0.262 e. The molecule has 0 aliphatic carbocycles. The molecule has 4 heterocycles. The van der Waals surface area contributed by atoms with Gasteiger partial charge in [0.05, 0.1) is 11.0 Å². The Bertz CT molecular complexity index is 1690. The van der Waals surface area contributed by atoms with Crippen molar-refractivity contribution < 1.29 is 14.6 Å². The second-order valence-electron chi connectivity index (χ2n) is 10.4. The van der Waals surface area contributed by atoms with E-state index in [-0.39, 0.29) is 5.75 Å².